The highest BCUT2D eigenvalue weighted by Gasteiger charge is 2.20. The van der Waals surface area contributed by atoms with Crippen LogP contribution >= 0.6 is 0 Å². The summed E-state index contributed by atoms with van der Waals surface area (Å²) < 4.78 is 47.3. The highest BCUT2D eigenvalue weighted by molar-refractivity contribution is 7.88. The van der Waals surface area contributed by atoms with E-state index in [0.29, 0.717) is 0 Å². The van der Waals surface area contributed by atoms with E-state index in [0.717, 1.165) is 22.7 Å². The normalized spacial score (nSPS) is 11.9. The number of anilines is 1. The first-order chi connectivity index (χ1) is 10.2. The Morgan fingerprint density at radius 1 is 1.45 bits per heavy atom. The van der Waals surface area contributed by atoms with Crippen LogP contribution in [0.15, 0.2) is 16.7 Å². The molecule has 0 aliphatic rings. The third-order valence-corrected chi connectivity index (χ3v) is 4.18. The second-order valence-corrected chi connectivity index (χ2v) is 6.70. The number of nitrogens with zero attached hydrogens (tertiary/aromatic N) is 3. The summed E-state index contributed by atoms with van der Waals surface area (Å²) in [5.74, 6) is -0.245. The molecule has 0 amide bonds. The van der Waals surface area contributed by atoms with Crippen molar-refractivity contribution in [2.75, 3.05) is 26.1 Å². The Bertz CT molecular complexity index is 790. The molecule has 10 heteroatoms. The highest BCUT2D eigenvalue weighted by atomic mass is 32.2. The van der Waals surface area contributed by atoms with Crippen molar-refractivity contribution in [3.05, 3.63) is 23.8 Å². The van der Waals surface area contributed by atoms with Gasteiger partial charge in [-0.25, -0.2) is 12.8 Å². The minimum Gasteiger partial charge on any atom is -0.494 e. The van der Waals surface area contributed by atoms with E-state index < -0.39 is 15.8 Å². The van der Waals surface area contributed by atoms with Crippen LogP contribution in [0.5, 0.6) is 5.75 Å². The topological polar surface area (TPSA) is 112 Å². The van der Waals surface area contributed by atoms with Gasteiger partial charge in [0.2, 0.25) is 21.7 Å². The number of halogens is 1. The van der Waals surface area contributed by atoms with Crippen molar-refractivity contribution in [3.8, 4) is 17.1 Å². The minimum atomic E-state index is -3.38. The van der Waals surface area contributed by atoms with Crippen molar-refractivity contribution in [1.82, 2.24) is 14.4 Å². The van der Waals surface area contributed by atoms with Gasteiger partial charge in [-0.2, -0.15) is 9.29 Å². The lowest BCUT2D eigenvalue weighted by molar-refractivity contribution is 0.337. The van der Waals surface area contributed by atoms with E-state index in [1.54, 1.807) is 0 Å². The predicted molar refractivity (Wildman–Crippen MR) is 77.0 cm³/mol. The molecule has 0 radical (unpaired) electrons. The maximum atomic E-state index is 13.5. The Balaban J connectivity index is 2.37. The smallest absolute Gasteiger partial charge is 0.242 e. The second-order valence-electron chi connectivity index (χ2n) is 4.61. The number of hydrogen-bond acceptors (Lipinski definition) is 7. The van der Waals surface area contributed by atoms with Gasteiger partial charge in [0.15, 0.2) is 5.75 Å². The summed E-state index contributed by atoms with van der Waals surface area (Å²) in [7, 11) is -0.626. The van der Waals surface area contributed by atoms with Crippen LogP contribution < -0.4 is 10.5 Å². The van der Waals surface area contributed by atoms with Crippen LogP contribution in [0.25, 0.3) is 11.4 Å². The molecular formula is C12H15FN4O4S. The first kappa shape index (κ1) is 16.2. The fourth-order valence-corrected chi connectivity index (χ4v) is 2.09. The number of methoxy groups -OCH3 is 1. The average Bonchev–Trinajstić information content (AvgIpc) is 2.85. The molecule has 2 N–H and O–H groups in total. The largest absolute Gasteiger partial charge is 0.494 e. The van der Waals surface area contributed by atoms with Crippen molar-refractivity contribution in [2.24, 2.45) is 0 Å². The Morgan fingerprint density at radius 2 is 2.14 bits per heavy atom. The van der Waals surface area contributed by atoms with E-state index in [9.17, 15) is 12.8 Å². The van der Waals surface area contributed by atoms with Crippen molar-refractivity contribution in [1.29, 1.82) is 0 Å². The predicted octanol–water partition coefficient (Wildman–Crippen LogP) is 0.858. The van der Waals surface area contributed by atoms with Gasteiger partial charge in [0.1, 0.15) is 5.82 Å². The molecule has 0 fully saturated rings. The summed E-state index contributed by atoms with van der Waals surface area (Å²) in [6.45, 7) is -0.0983. The molecule has 1 heterocycles. The number of ether oxygens (including phenoxy) is 1. The Hall–Kier alpha value is -2.20. The van der Waals surface area contributed by atoms with Crippen LogP contribution in [-0.2, 0) is 16.6 Å². The van der Waals surface area contributed by atoms with Gasteiger partial charge in [0.05, 0.1) is 31.2 Å². The van der Waals surface area contributed by atoms with Gasteiger partial charge < -0.3 is 15.0 Å². The first-order valence-corrected chi connectivity index (χ1v) is 7.94. The molecule has 120 valence electrons. The second kappa shape index (κ2) is 5.89. The summed E-state index contributed by atoms with van der Waals surface area (Å²) >= 11 is 0. The summed E-state index contributed by atoms with van der Waals surface area (Å²) in [6, 6.07) is 2.27. The fraction of sp³-hybridized carbons (Fsp3) is 0.333. The average molecular weight is 330 g/mol. The molecule has 0 bridgehead atoms. The van der Waals surface area contributed by atoms with Gasteiger partial charge in [0, 0.05) is 13.1 Å². The van der Waals surface area contributed by atoms with Crippen molar-refractivity contribution in [3.63, 3.8) is 0 Å². The van der Waals surface area contributed by atoms with E-state index in [2.05, 4.69) is 10.1 Å². The lowest BCUT2D eigenvalue weighted by Gasteiger charge is -2.10. The molecule has 0 aliphatic carbocycles. The van der Waals surface area contributed by atoms with Crippen molar-refractivity contribution >= 4 is 15.7 Å². The number of nitrogens with two attached hydrogens (primary N) is 1. The molecule has 1 aromatic carbocycles. The summed E-state index contributed by atoms with van der Waals surface area (Å²) in [5.41, 5.74) is 5.99. The van der Waals surface area contributed by atoms with Gasteiger partial charge in [-0.1, -0.05) is 5.16 Å². The highest BCUT2D eigenvalue weighted by Crippen LogP contribution is 2.34. The van der Waals surface area contributed by atoms with Crippen LogP contribution in [0.2, 0.25) is 0 Å². The molecule has 1 aromatic heterocycles. The van der Waals surface area contributed by atoms with Crippen molar-refractivity contribution < 1.29 is 22.1 Å². The van der Waals surface area contributed by atoms with Gasteiger partial charge in [0.25, 0.3) is 0 Å². The quantitative estimate of drug-likeness (QED) is 0.809. The molecule has 0 atom stereocenters. The standard InChI is InChI=1S/C12H15FN4O4S/c1-17(22(3,18)19)6-10-15-12(16-21-10)8-4-7(13)5-9(14)11(8)20-2/h4-5H,6,14H2,1-3H3. The molecule has 0 spiro atoms. The van der Waals surface area contributed by atoms with Crippen LogP contribution in [0.4, 0.5) is 10.1 Å². The fourth-order valence-electron chi connectivity index (χ4n) is 1.74. The third-order valence-electron chi connectivity index (χ3n) is 2.92. The monoisotopic (exact) mass is 330 g/mol. The number of aromatic nitrogens is 2. The number of benzene rings is 1. The van der Waals surface area contributed by atoms with Crippen LogP contribution in [0.3, 0.4) is 0 Å². The molecule has 2 rings (SSSR count). The van der Waals surface area contributed by atoms with E-state index in [-0.39, 0.29) is 35.3 Å². The summed E-state index contributed by atoms with van der Waals surface area (Å²) in [5, 5.41) is 3.70. The minimum absolute atomic E-state index is 0.0555. The molecule has 0 saturated carbocycles. The van der Waals surface area contributed by atoms with E-state index >= 15 is 0 Å². The van der Waals surface area contributed by atoms with Gasteiger partial charge in [-0.15, -0.1) is 0 Å². The third kappa shape index (κ3) is 3.34. The molecule has 2 aromatic rings. The molecular weight excluding hydrogens is 315 g/mol. The van der Waals surface area contributed by atoms with Crippen molar-refractivity contribution in [2.45, 2.75) is 6.54 Å². The van der Waals surface area contributed by atoms with Gasteiger partial charge in [-0.3, -0.25) is 0 Å². The number of nitrogen functional groups attached to an aromatic ring is 1. The zero-order valence-electron chi connectivity index (χ0n) is 12.2. The SMILES string of the molecule is COc1c(N)cc(F)cc1-c1noc(CN(C)S(C)(=O)=O)n1. The van der Waals surface area contributed by atoms with Gasteiger partial charge in [-0.05, 0) is 6.07 Å². The lowest BCUT2D eigenvalue weighted by Crippen LogP contribution is -2.25. The van der Waals surface area contributed by atoms with E-state index in [4.69, 9.17) is 15.0 Å². The maximum absolute atomic E-state index is 13.5. The zero-order chi connectivity index (χ0) is 16.5. The Morgan fingerprint density at radius 3 is 2.73 bits per heavy atom. The molecule has 22 heavy (non-hydrogen) atoms. The maximum Gasteiger partial charge on any atom is 0.242 e. The number of hydrogen-bond donors (Lipinski definition) is 1. The van der Waals surface area contributed by atoms with Crippen LogP contribution in [0.1, 0.15) is 5.89 Å². The lowest BCUT2D eigenvalue weighted by atomic mass is 10.1. The van der Waals surface area contributed by atoms with E-state index in [1.165, 1.54) is 14.2 Å². The number of rotatable bonds is 5. The Kier molecular flexibility index (Phi) is 4.33. The number of sulfonamides is 1. The molecule has 8 nitrogen and oxygen atoms in total. The van der Waals surface area contributed by atoms with Crippen LogP contribution in [0, 0.1) is 5.82 Å². The molecule has 0 unspecified atom stereocenters. The molecule has 0 saturated heterocycles. The zero-order valence-corrected chi connectivity index (χ0v) is 13.0. The first-order valence-electron chi connectivity index (χ1n) is 6.09. The molecule has 0 aliphatic heterocycles. The van der Waals surface area contributed by atoms with Crippen LogP contribution in [-0.4, -0.2) is 43.3 Å². The van der Waals surface area contributed by atoms with E-state index in [1.807, 2.05) is 0 Å². The Labute approximate surface area is 126 Å². The summed E-state index contributed by atoms with van der Waals surface area (Å²) in [4.78, 5) is 4.04. The summed E-state index contributed by atoms with van der Waals surface area (Å²) in [6.07, 6.45) is 1.06. The van der Waals surface area contributed by atoms with Gasteiger partial charge >= 0.3 is 0 Å².